The summed E-state index contributed by atoms with van der Waals surface area (Å²) in [5.74, 6) is -1.89. The third kappa shape index (κ3) is 4.29. The fourth-order valence-electron chi connectivity index (χ4n) is 4.11. The van der Waals surface area contributed by atoms with Crippen LogP contribution in [0.25, 0.3) is 0 Å². The van der Waals surface area contributed by atoms with Crippen molar-refractivity contribution in [3.63, 3.8) is 0 Å². The highest BCUT2D eigenvalue weighted by Crippen LogP contribution is 2.33. The highest BCUT2D eigenvalue weighted by atomic mass is 32.2. The summed E-state index contributed by atoms with van der Waals surface area (Å²) in [6, 6.07) is 7.19. The minimum atomic E-state index is -4.13. The predicted octanol–water partition coefficient (Wildman–Crippen LogP) is 3.43. The molecule has 0 radical (unpaired) electrons. The number of sulfone groups is 1. The Morgan fingerprint density at radius 2 is 1.72 bits per heavy atom. The maximum atomic E-state index is 13.5. The number of nitrogens with two attached hydrogens (primary N) is 1. The van der Waals surface area contributed by atoms with E-state index in [1.807, 2.05) is 0 Å². The molecule has 1 aliphatic heterocycles. The Morgan fingerprint density at radius 1 is 1.03 bits per heavy atom. The van der Waals surface area contributed by atoms with Gasteiger partial charge in [-0.15, -0.1) is 0 Å². The number of benzene rings is 2. The molecule has 3 rings (SSSR count). The Morgan fingerprint density at radius 3 is 2.31 bits per heavy atom. The highest BCUT2D eigenvalue weighted by Gasteiger charge is 2.33. The molecule has 8 heteroatoms. The third-order valence-corrected chi connectivity index (χ3v) is 7.74. The normalized spacial score (nSPS) is 21.1. The summed E-state index contributed by atoms with van der Waals surface area (Å²) in [7, 11) is -4.13. The number of nitrogen functional groups attached to an aromatic ring is 1. The van der Waals surface area contributed by atoms with Gasteiger partial charge in [0.1, 0.15) is 17.3 Å². The molecule has 2 N–H and O–H groups in total. The van der Waals surface area contributed by atoms with Crippen molar-refractivity contribution < 1.29 is 17.2 Å². The first-order valence-electron chi connectivity index (χ1n) is 9.91. The summed E-state index contributed by atoms with van der Waals surface area (Å²) in [6.45, 7) is 10.0. The van der Waals surface area contributed by atoms with Gasteiger partial charge >= 0.3 is 0 Å². The summed E-state index contributed by atoms with van der Waals surface area (Å²) in [5, 5.41) is 0. The molecule has 2 aromatic carbocycles. The lowest BCUT2D eigenvalue weighted by Crippen LogP contribution is -2.51. The van der Waals surface area contributed by atoms with Gasteiger partial charge in [0.2, 0.25) is 9.84 Å². The largest absolute Gasteiger partial charge is 0.397 e. The van der Waals surface area contributed by atoms with E-state index in [1.54, 1.807) is 12.1 Å². The fraction of sp³-hybridized carbons (Fsp3) is 0.429. The van der Waals surface area contributed by atoms with Gasteiger partial charge in [0.05, 0.1) is 35.1 Å². The van der Waals surface area contributed by atoms with E-state index in [1.165, 1.54) is 6.07 Å². The lowest BCUT2D eigenvalue weighted by molar-refractivity contribution is 0.270. The van der Waals surface area contributed by atoms with Gasteiger partial charge in [-0.3, -0.25) is 9.38 Å². The zero-order chi connectivity index (χ0) is 21.2. The van der Waals surface area contributed by atoms with Gasteiger partial charge in [-0.2, -0.15) is 0 Å². The molecule has 2 aromatic rings. The Balaban J connectivity index is 1.99. The topological polar surface area (TPSA) is 63.4 Å². The van der Waals surface area contributed by atoms with Crippen molar-refractivity contribution in [1.29, 1.82) is 0 Å². The van der Waals surface area contributed by atoms with E-state index in [9.17, 15) is 17.2 Å². The Bertz CT molecular complexity index is 977. The van der Waals surface area contributed by atoms with Crippen molar-refractivity contribution in [3.05, 3.63) is 48.0 Å². The molecule has 0 spiro atoms. The average Bonchev–Trinajstić information content (AvgIpc) is 2.90. The second kappa shape index (κ2) is 8.38. The van der Waals surface area contributed by atoms with Gasteiger partial charge in [0.25, 0.3) is 0 Å². The molecule has 0 aromatic heterocycles. The minimum Gasteiger partial charge on any atom is -0.397 e. The molecule has 29 heavy (non-hydrogen) atoms. The summed E-state index contributed by atoms with van der Waals surface area (Å²) in [6.07, 6.45) is 1.05. The van der Waals surface area contributed by atoms with Crippen LogP contribution >= 0.6 is 0 Å². The van der Waals surface area contributed by atoms with Gasteiger partial charge in [0, 0.05) is 37.7 Å². The SMILES string of the molecule is CCN1CCC[N+](CC)(c2ccc(S(=O)(=O)c3cc(F)cc(F)c3)c(N)c2)CC1. The van der Waals surface area contributed by atoms with Crippen molar-refractivity contribution in [2.24, 2.45) is 0 Å². The molecular weight excluding hydrogens is 396 g/mol. The van der Waals surface area contributed by atoms with Crippen molar-refractivity contribution in [3.8, 4) is 0 Å². The molecule has 1 fully saturated rings. The zero-order valence-electron chi connectivity index (χ0n) is 16.9. The smallest absolute Gasteiger partial charge is 0.208 e. The second-order valence-electron chi connectivity index (χ2n) is 7.53. The van der Waals surface area contributed by atoms with Gasteiger partial charge in [0.15, 0.2) is 0 Å². The number of halogens is 2. The van der Waals surface area contributed by atoms with Crippen LogP contribution in [0.1, 0.15) is 20.3 Å². The summed E-state index contributed by atoms with van der Waals surface area (Å²) in [4.78, 5) is 1.84. The molecule has 1 aliphatic rings. The van der Waals surface area contributed by atoms with Crippen molar-refractivity contribution in [2.75, 3.05) is 45.0 Å². The van der Waals surface area contributed by atoms with Crippen LogP contribution in [0.2, 0.25) is 0 Å². The van der Waals surface area contributed by atoms with Gasteiger partial charge < -0.3 is 5.73 Å². The molecule has 0 bridgehead atoms. The molecule has 1 atom stereocenters. The van der Waals surface area contributed by atoms with Crippen LogP contribution in [0, 0.1) is 11.6 Å². The van der Waals surface area contributed by atoms with Gasteiger partial charge in [-0.1, -0.05) is 6.92 Å². The van der Waals surface area contributed by atoms with Crippen LogP contribution in [-0.2, 0) is 9.84 Å². The van der Waals surface area contributed by atoms with E-state index >= 15 is 0 Å². The summed E-state index contributed by atoms with van der Waals surface area (Å²) >= 11 is 0. The van der Waals surface area contributed by atoms with E-state index < -0.39 is 26.4 Å². The van der Waals surface area contributed by atoms with Crippen LogP contribution in [0.3, 0.4) is 0 Å². The maximum absolute atomic E-state index is 13.5. The number of anilines is 1. The number of hydrogen-bond acceptors (Lipinski definition) is 4. The fourth-order valence-corrected chi connectivity index (χ4v) is 5.52. The van der Waals surface area contributed by atoms with E-state index in [2.05, 4.69) is 18.7 Å². The lowest BCUT2D eigenvalue weighted by atomic mass is 10.2. The molecule has 1 unspecified atom stereocenters. The van der Waals surface area contributed by atoms with Crippen LogP contribution in [0.5, 0.6) is 0 Å². The zero-order valence-corrected chi connectivity index (χ0v) is 17.7. The van der Waals surface area contributed by atoms with Crippen LogP contribution in [-0.4, -0.2) is 52.6 Å². The average molecular weight is 425 g/mol. The molecular formula is C21H28F2N3O2S+. The predicted molar refractivity (Wildman–Crippen MR) is 111 cm³/mol. The molecule has 158 valence electrons. The van der Waals surface area contributed by atoms with Crippen LogP contribution in [0.4, 0.5) is 20.2 Å². The monoisotopic (exact) mass is 424 g/mol. The first-order valence-corrected chi connectivity index (χ1v) is 11.4. The van der Waals surface area contributed by atoms with Crippen LogP contribution < -0.4 is 10.2 Å². The van der Waals surface area contributed by atoms with Crippen molar-refractivity contribution in [2.45, 2.75) is 30.1 Å². The Hall–Kier alpha value is -2.03. The maximum Gasteiger partial charge on any atom is 0.208 e. The Kier molecular flexibility index (Phi) is 6.26. The number of hydrogen-bond donors (Lipinski definition) is 1. The van der Waals surface area contributed by atoms with Crippen molar-refractivity contribution >= 4 is 21.2 Å². The minimum absolute atomic E-state index is 0.0923. The number of likely N-dealkylation sites (N-methyl/N-ethyl adjacent to an activating group) is 2. The number of quaternary nitrogens is 1. The van der Waals surface area contributed by atoms with E-state index in [-0.39, 0.29) is 10.6 Å². The molecule has 1 heterocycles. The highest BCUT2D eigenvalue weighted by molar-refractivity contribution is 7.91. The molecule has 0 aliphatic carbocycles. The first kappa shape index (κ1) is 21.7. The van der Waals surface area contributed by atoms with E-state index in [4.69, 9.17) is 5.73 Å². The van der Waals surface area contributed by atoms with Gasteiger partial charge in [-0.25, -0.2) is 17.2 Å². The Labute approximate surface area is 171 Å². The molecule has 0 saturated carbocycles. The van der Waals surface area contributed by atoms with Gasteiger partial charge in [-0.05, 0) is 31.7 Å². The quantitative estimate of drug-likeness (QED) is 0.590. The van der Waals surface area contributed by atoms with Crippen LogP contribution in [0.15, 0.2) is 46.2 Å². The molecule has 1 saturated heterocycles. The van der Waals surface area contributed by atoms with Crippen molar-refractivity contribution in [1.82, 2.24) is 9.38 Å². The lowest BCUT2D eigenvalue weighted by Gasteiger charge is -2.36. The third-order valence-electron chi connectivity index (χ3n) is 5.93. The van der Waals surface area contributed by atoms with E-state index in [0.29, 0.717) is 6.07 Å². The summed E-state index contributed by atoms with van der Waals surface area (Å²) < 4.78 is 53.6. The number of nitrogens with zero attached hydrogens (tertiary/aromatic N) is 2. The second-order valence-corrected chi connectivity index (χ2v) is 9.45. The summed E-state index contributed by atoms with van der Waals surface area (Å²) in [5.41, 5.74) is 7.20. The molecule has 5 nitrogen and oxygen atoms in total. The molecule has 0 amide bonds. The standard InChI is InChI=1S/C21H28F2N3O2S/c1-3-25-8-5-10-26(4-2,11-9-25)18-6-7-21(20(24)15-18)29(27,28)19-13-16(22)12-17(23)14-19/h6-7,12-15H,3-5,8-11,24H2,1-2H3/q+1. The first-order chi connectivity index (χ1) is 13.7. The van der Waals surface area contributed by atoms with E-state index in [0.717, 1.165) is 68.0 Å². The number of rotatable bonds is 5.